The molecule has 0 rings (SSSR count). The first-order chi connectivity index (χ1) is 6.16. The van der Waals surface area contributed by atoms with Crippen LogP contribution in [0.3, 0.4) is 0 Å². The standard InChI is InChI=1S/C7H13F3N2O2/c1-6(2,4-13)12-5(14)11-3-7(8,9)10/h13H,3-4H2,1-2H3,(H2,11,12,14). The van der Waals surface area contributed by atoms with Crippen LogP contribution in [0.5, 0.6) is 0 Å². The molecule has 0 bridgehead atoms. The van der Waals surface area contributed by atoms with Gasteiger partial charge in [-0.25, -0.2) is 4.79 Å². The van der Waals surface area contributed by atoms with Gasteiger partial charge in [-0.2, -0.15) is 13.2 Å². The summed E-state index contributed by atoms with van der Waals surface area (Å²) >= 11 is 0. The average molecular weight is 214 g/mol. The Labute approximate surface area is 79.5 Å². The van der Waals surface area contributed by atoms with Crippen molar-refractivity contribution in [3.05, 3.63) is 0 Å². The molecule has 0 aromatic heterocycles. The van der Waals surface area contributed by atoms with E-state index in [0.29, 0.717) is 0 Å². The average Bonchev–Trinajstić information content (AvgIpc) is 1.99. The van der Waals surface area contributed by atoms with Gasteiger partial charge in [-0.3, -0.25) is 0 Å². The summed E-state index contributed by atoms with van der Waals surface area (Å²) in [6, 6.07) is -0.957. The Kier molecular flexibility index (Phi) is 4.18. The van der Waals surface area contributed by atoms with Gasteiger partial charge < -0.3 is 15.7 Å². The van der Waals surface area contributed by atoms with E-state index in [-0.39, 0.29) is 6.61 Å². The van der Waals surface area contributed by atoms with Crippen LogP contribution in [0, 0.1) is 0 Å². The van der Waals surface area contributed by atoms with Gasteiger partial charge in [0, 0.05) is 0 Å². The molecule has 7 heteroatoms. The third-order valence-corrected chi connectivity index (χ3v) is 1.30. The van der Waals surface area contributed by atoms with Gasteiger partial charge in [0.25, 0.3) is 0 Å². The number of alkyl halides is 3. The zero-order chi connectivity index (χ0) is 11.4. The minimum Gasteiger partial charge on any atom is -0.394 e. The van der Waals surface area contributed by atoms with Crippen molar-refractivity contribution in [1.29, 1.82) is 0 Å². The number of urea groups is 1. The highest BCUT2D eigenvalue weighted by molar-refractivity contribution is 5.74. The van der Waals surface area contributed by atoms with Crippen molar-refractivity contribution in [2.24, 2.45) is 0 Å². The van der Waals surface area contributed by atoms with E-state index in [1.54, 1.807) is 5.32 Å². The number of halogens is 3. The van der Waals surface area contributed by atoms with Gasteiger partial charge >= 0.3 is 12.2 Å². The van der Waals surface area contributed by atoms with Gasteiger partial charge in [-0.15, -0.1) is 0 Å². The zero-order valence-electron chi connectivity index (χ0n) is 7.90. The Balaban J connectivity index is 3.89. The number of carbonyl (C=O) groups excluding carboxylic acids is 1. The highest BCUT2D eigenvalue weighted by Gasteiger charge is 2.28. The lowest BCUT2D eigenvalue weighted by Gasteiger charge is -2.23. The number of aliphatic hydroxyl groups is 1. The molecule has 84 valence electrons. The summed E-state index contributed by atoms with van der Waals surface area (Å²) in [6.07, 6.45) is -4.43. The fourth-order valence-electron chi connectivity index (χ4n) is 0.572. The first-order valence-electron chi connectivity index (χ1n) is 3.90. The molecule has 0 unspecified atom stereocenters. The maximum atomic E-state index is 11.6. The number of hydrogen-bond acceptors (Lipinski definition) is 2. The lowest BCUT2D eigenvalue weighted by atomic mass is 10.1. The van der Waals surface area contributed by atoms with Crippen molar-refractivity contribution in [3.8, 4) is 0 Å². The molecule has 0 atom stereocenters. The first-order valence-corrected chi connectivity index (χ1v) is 3.90. The summed E-state index contributed by atoms with van der Waals surface area (Å²) in [5, 5.41) is 12.5. The fraction of sp³-hybridized carbons (Fsp3) is 0.857. The zero-order valence-corrected chi connectivity index (χ0v) is 7.90. The van der Waals surface area contributed by atoms with Crippen LogP contribution < -0.4 is 10.6 Å². The molecule has 4 nitrogen and oxygen atoms in total. The number of amides is 2. The second-order valence-electron chi connectivity index (χ2n) is 3.46. The number of carbonyl (C=O) groups is 1. The molecule has 0 aliphatic carbocycles. The number of aliphatic hydroxyl groups excluding tert-OH is 1. The largest absolute Gasteiger partial charge is 0.405 e. The van der Waals surface area contributed by atoms with Crippen molar-refractivity contribution in [2.75, 3.05) is 13.2 Å². The van der Waals surface area contributed by atoms with Crippen molar-refractivity contribution in [2.45, 2.75) is 25.6 Å². The van der Waals surface area contributed by atoms with Crippen LogP contribution >= 0.6 is 0 Å². The molecule has 0 saturated carbocycles. The van der Waals surface area contributed by atoms with E-state index in [2.05, 4.69) is 5.32 Å². The Hall–Kier alpha value is -0.980. The third kappa shape index (κ3) is 6.53. The summed E-state index contributed by atoms with van der Waals surface area (Å²) < 4.78 is 34.9. The lowest BCUT2D eigenvalue weighted by molar-refractivity contribution is -0.122. The molecule has 0 heterocycles. The minimum atomic E-state index is -4.43. The second kappa shape index (κ2) is 4.50. The quantitative estimate of drug-likeness (QED) is 0.645. The van der Waals surface area contributed by atoms with Crippen LogP contribution in [0.15, 0.2) is 0 Å². The molecule has 3 N–H and O–H groups in total. The Morgan fingerprint density at radius 3 is 2.21 bits per heavy atom. The molecule has 0 aliphatic rings. The molecule has 14 heavy (non-hydrogen) atoms. The van der Waals surface area contributed by atoms with E-state index in [4.69, 9.17) is 5.11 Å². The lowest BCUT2D eigenvalue weighted by Crippen LogP contribution is -2.51. The highest BCUT2D eigenvalue weighted by Crippen LogP contribution is 2.12. The van der Waals surface area contributed by atoms with Gasteiger partial charge in [0.1, 0.15) is 6.54 Å². The highest BCUT2D eigenvalue weighted by atomic mass is 19.4. The first kappa shape index (κ1) is 13.0. The summed E-state index contributed by atoms with van der Waals surface area (Å²) in [6.45, 7) is 1.23. The molecule has 2 amide bonds. The van der Waals surface area contributed by atoms with Crippen LogP contribution in [-0.4, -0.2) is 36.0 Å². The van der Waals surface area contributed by atoms with Crippen molar-refractivity contribution >= 4 is 6.03 Å². The number of hydrogen-bond donors (Lipinski definition) is 3. The number of nitrogens with one attached hydrogen (secondary N) is 2. The predicted octanol–water partition coefficient (Wildman–Crippen LogP) is 0.619. The molecule has 0 saturated heterocycles. The Morgan fingerprint density at radius 1 is 1.36 bits per heavy atom. The molecular weight excluding hydrogens is 201 g/mol. The summed E-state index contributed by atoms with van der Waals surface area (Å²) in [5.74, 6) is 0. The SMILES string of the molecule is CC(C)(CO)NC(=O)NCC(F)(F)F. The maximum Gasteiger partial charge on any atom is 0.405 e. The van der Waals surface area contributed by atoms with Gasteiger partial charge in [0.15, 0.2) is 0 Å². The maximum absolute atomic E-state index is 11.6. The van der Waals surface area contributed by atoms with E-state index in [9.17, 15) is 18.0 Å². The van der Waals surface area contributed by atoms with E-state index in [0.717, 1.165) is 0 Å². The van der Waals surface area contributed by atoms with Gasteiger partial charge in [-0.1, -0.05) is 0 Å². The van der Waals surface area contributed by atoms with Crippen LogP contribution in [0.4, 0.5) is 18.0 Å². The molecule has 0 fully saturated rings. The van der Waals surface area contributed by atoms with Gasteiger partial charge in [0.2, 0.25) is 0 Å². The fourth-order valence-corrected chi connectivity index (χ4v) is 0.572. The van der Waals surface area contributed by atoms with Crippen LogP contribution in [0.2, 0.25) is 0 Å². The van der Waals surface area contributed by atoms with Crippen LogP contribution in [-0.2, 0) is 0 Å². The van der Waals surface area contributed by atoms with E-state index >= 15 is 0 Å². The summed E-state index contributed by atoms with van der Waals surface area (Å²) in [7, 11) is 0. The summed E-state index contributed by atoms with van der Waals surface area (Å²) in [5.41, 5.74) is -0.935. The van der Waals surface area contributed by atoms with E-state index in [1.165, 1.54) is 13.8 Å². The molecule has 0 aliphatic heterocycles. The van der Waals surface area contributed by atoms with Crippen molar-refractivity contribution < 1.29 is 23.1 Å². The summed E-state index contributed by atoms with van der Waals surface area (Å²) in [4.78, 5) is 10.8. The topological polar surface area (TPSA) is 61.4 Å². The molecule has 0 aromatic carbocycles. The van der Waals surface area contributed by atoms with E-state index in [1.807, 2.05) is 0 Å². The van der Waals surface area contributed by atoms with Gasteiger partial charge in [0.05, 0.1) is 12.1 Å². The number of rotatable bonds is 3. The van der Waals surface area contributed by atoms with Crippen molar-refractivity contribution in [1.82, 2.24) is 10.6 Å². The minimum absolute atomic E-state index is 0.355. The van der Waals surface area contributed by atoms with Crippen LogP contribution in [0.25, 0.3) is 0 Å². The van der Waals surface area contributed by atoms with E-state index < -0.39 is 24.3 Å². The van der Waals surface area contributed by atoms with Gasteiger partial charge in [-0.05, 0) is 13.8 Å². The second-order valence-corrected chi connectivity index (χ2v) is 3.46. The molecule has 0 radical (unpaired) electrons. The Morgan fingerprint density at radius 2 is 1.86 bits per heavy atom. The third-order valence-electron chi connectivity index (χ3n) is 1.30. The predicted molar refractivity (Wildman–Crippen MR) is 43.8 cm³/mol. The molecule has 0 spiro atoms. The van der Waals surface area contributed by atoms with Crippen molar-refractivity contribution in [3.63, 3.8) is 0 Å². The Bertz CT molecular complexity index is 204. The monoisotopic (exact) mass is 214 g/mol. The molecular formula is C7H13F3N2O2. The smallest absolute Gasteiger partial charge is 0.394 e. The normalized spacial score (nSPS) is 12.4. The molecule has 0 aromatic rings. The van der Waals surface area contributed by atoms with Crippen LogP contribution in [0.1, 0.15) is 13.8 Å².